The summed E-state index contributed by atoms with van der Waals surface area (Å²) in [5, 5.41) is 3.15. The Morgan fingerprint density at radius 3 is 2.65 bits per heavy atom. The van der Waals surface area contributed by atoms with E-state index in [1.807, 2.05) is 17.0 Å². The summed E-state index contributed by atoms with van der Waals surface area (Å²) < 4.78 is 6.20. The van der Waals surface area contributed by atoms with Gasteiger partial charge in [-0.15, -0.1) is 0 Å². The summed E-state index contributed by atoms with van der Waals surface area (Å²) in [6.07, 6.45) is 13.0. The minimum atomic E-state index is 0.137. The second-order valence-electron chi connectivity index (χ2n) is 11.3. The first-order chi connectivity index (χ1) is 18.2. The van der Waals surface area contributed by atoms with E-state index in [1.54, 1.807) is 0 Å². The number of para-hydroxylation sites is 1. The molecule has 1 aromatic carbocycles. The van der Waals surface area contributed by atoms with Crippen LogP contribution in [0.15, 0.2) is 36.4 Å². The van der Waals surface area contributed by atoms with Crippen molar-refractivity contribution in [2.45, 2.75) is 64.0 Å². The van der Waals surface area contributed by atoms with Crippen molar-refractivity contribution in [3.63, 3.8) is 0 Å². The number of rotatable bonds is 6. The average Bonchev–Trinajstić information content (AvgIpc) is 3.62. The van der Waals surface area contributed by atoms with Gasteiger partial charge in [0.05, 0.1) is 6.54 Å². The van der Waals surface area contributed by atoms with Crippen molar-refractivity contribution in [2.75, 3.05) is 52.4 Å². The zero-order chi connectivity index (χ0) is 25.5. The maximum absolute atomic E-state index is 13.5. The smallest absolute Gasteiger partial charge is 0.236 e. The Morgan fingerprint density at radius 2 is 1.81 bits per heavy atom. The van der Waals surface area contributed by atoms with Crippen LogP contribution < -0.4 is 10.1 Å². The molecule has 0 spiro atoms. The topological polar surface area (TPSA) is 65.1 Å². The van der Waals surface area contributed by atoms with Crippen LogP contribution in [0.1, 0.15) is 56.9 Å². The summed E-state index contributed by atoms with van der Waals surface area (Å²) in [5.74, 6) is 1.67. The van der Waals surface area contributed by atoms with Gasteiger partial charge in [-0.1, -0.05) is 43.2 Å². The summed E-state index contributed by atoms with van der Waals surface area (Å²) in [6.45, 7) is 7.09. The number of nitrogens with one attached hydrogen (secondary N) is 1. The minimum Gasteiger partial charge on any atom is -0.489 e. The van der Waals surface area contributed by atoms with E-state index in [4.69, 9.17) is 4.74 Å². The lowest BCUT2D eigenvalue weighted by molar-refractivity contribution is -0.135. The molecule has 4 aliphatic rings. The zero-order valence-corrected chi connectivity index (χ0v) is 22.3. The van der Waals surface area contributed by atoms with Gasteiger partial charge in [-0.25, -0.2) is 0 Å². The van der Waals surface area contributed by atoms with Gasteiger partial charge in [-0.2, -0.15) is 0 Å². The van der Waals surface area contributed by atoms with Gasteiger partial charge in [0.25, 0.3) is 0 Å². The van der Waals surface area contributed by atoms with Crippen molar-refractivity contribution in [3.8, 4) is 5.75 Å². The van der Waals surface area contributed by atoms with Gasteiger partial charge in [0.2, 0.25) is 11.8 Å². The minimum absolute atomic E-state index is 0.137. The highest BCUT2D eigenvalue weighted by Gasteiger charge is 2.33. The van der Waals surface area contributed by atoms with Crippen molar-refractivity contribution < 1.29 is 14.3 Å². The van der Waals surface area contributed by atoms with Crippen LogP contribution in [0, 0.1) is 11.8 Å². The fraction of sp³-hybridized carbons (Fsp3) is 0.667. The molecule has 3 aliphatic heterocycles. The molecular weight excluding hydrogens is 464 g/mol. The molecule has 0 radical (unpaired) electrons. The van der Waals surface area contributed by atoms with Crippen LogP contribution in [-0.2, 0) is 16.1 Å². The largest absolute Gasteiger partial charge is 0.489 e. The van der Waals surface area contributed by atoms with E-state index in [2.05, 4.69) is 39.4 Å². The van der Waals surface area contributed by atoms with Crippen molar-refractivity contribution in [2.24, 2.45) is 11.8 Å². The molecule has 1 N–H and O–H groups in total. The van der Waals surface area contributed by atoms with E-state index in [0.717, 1.165) is 69.8 Å². The van der Waals surface area contributed by atoms with Crippen LogP contribution in [-0.4, -0.2) is 85.0 Å². The van der Waals surface area contributed by atoms with Crippen molar-refractivity contribution in [3.05, 3.63) is 42.0 Å². The standard InChI is InChI=1S/C30H44N4O3/c35-29(31-14-18-32-15-5-6-16-32)20-24-13-17-33-21-25(24)9-7-19-37-28-12-4-1-8-26(28)22-34(23-30(33)36)27-10-2-3-11-27/h1,4,7-9,12,24-25,27H,2-3,5-6,10-11,13-23H2,(H,31,35)/b9-7-/t24-,25-/m0/s1. The number of amides is 2. The Labute approximate surface area is 222 Å². The molecule has 7 nitrogen and oxygen atoms in total. The molecule has 0 aromatic heterocycles. The Hall–Kier alpha value is -2.38. The normalized spacial score (nSPS) is 27.0. The van der Waals surface area contributed by atoms with Gasteiger partial charge in [-0.05, 0) is 63.1 Å². The van der Waals surface area contributed by atoms with Crippen LogP contribution in [0.5, 0.6) is 5.75 Å². The zero-order valence-electron chi connectivity index (χ0n) is 22.3. The maximum atomic E-state index is 13.5. The molecule has 1 aliphatic carbocycles. The molecule has 5 rings (SSSR count). The maximum Gasteiger partial charge on any atom is 0.236 e. The second kappa shape index (κ2) is 12.9. The van der Waals surface area contributed by atoms with E-state index in [9.17, 15) is 9.59 Å². The quantitative estimate of drug-likeness (QED) is 0.597. The van der Waals surface area contributed by atoms with Gasteiger partial charge in [0.1, 0.15) is 12.4 Å². The highest BCUT2D eigenvalue weighted by atomic mass is 16.5. The highest BCUT2D eigenvalue weighted by molar-refractivity contribution is 5.79. The lowest BCUT2D eigenvalue weighted by Gasteiger charge is -2.39. The number of hydrogen-bond acceptors (Lipinski definition) is 5. The lowest BCUT2D eigenvalue weighted by Crippen LogP contribution is -2.49. The molecule has 202 valence electrons. The molecule has 37 heavy (non-hydrogen) atoms. The van der Waals surface area contributed by atoms with Crippen molar-refractivity contribution >= 4 is 11.8 Å². The van der Waals surface area contributed by atoms with Crippen LogP contribution in [0.4, 0.5) is 0 Å². The molecule has 7 heteroatoms. The first-order valence-corrected chi connectivity index (χ1v) is 14.5. The molecule has 2 bridgehead atoms. The number of piperidine rings is 1. The number of carbonyl (C=O) groups is 2. The number of hydrogen-bond donors (Lipinski definition) is 1. The van der Waals surface area contributed by atoms with Crippen LogP contribution in [0.2, 0.25) is 0 Å². The number of benzene rings is 1. The van der Waals surface area contributed by atoms with Gasteiger partial charge in [0, 0.05) is 50.7 Å². The van der Waals surface area contributed by atoms with Crippen LogP contribution in [0.25, 0.3) is 0 Å². The summed E-state index contributed by atoms with van der Waals surface area (Å²) in [4.78, 5) is 33.2. The monoisotopic (exact) mass is 508 g/mol. The summed E-state index contributed by atoms with van der Waals surface area (Å²) in [6, 6.07) is 8.69. The van der Waals surface area contributed by atoms with Crippen LogP contribution in [0.3, 0.4) is 0 Å². The number of nitrogens with zero attached hydrogens (tertiary/aromatic N) is 3. The SMILES string of the molecule is O=C(C[C@@H]1CCN2C[C@@H]1/C=C\COc1ccccc1CN(C1CCCC1)CC2=O)NCCN1CCCC1. The lowest BCUT2D eigenvalue weighted by atomic mass is 9.82. The predicted molar refractivity (Wildman–Crippen MR) is 145 cm³/mol. The number of fused-ring (bicyclic) bond motifs is 3. The third-order valence-corrected chi connectivity index (χ3v) is 8.80. The highest BCUT2D eigenvalue weighted by Crippen LogP contribution is 2.31. The van der Waals surface area contributed by atoms with E-state index in [1.165, 1.54) is 25.7 Å². The average molecular weight is 509 g/mol. The molecule has 2 amide bonds. The first kappa shape index (κ1) is 26.2. The van der Waals surface area contributed by atoms with E-state index >= 15 is 0 Å². The second-order valence-corrected chi connectivity index (χ2v) is 11.3. The molecule has 1 aromatic rings. The van der Waals surface area contributed by atoms with E-state index in [-0.39, 0.29) is 23.7 Å². The third-order valence-electron chi connectivity index (χ3n) is 8.80. The molecule has 2 atom stereocenters. The van der Waals surface area contributed by atoms with Gasteiger partial charge < -0.3 is 19.9 Å². The fourth-order valence-electron chi connectivity index (χ4n) is 6.62. The molecule has 0 unspecified atom stereocenters. The summed E-state index contributed by atoms with van der Waals surface area (Å²) >= 11 is 0. The first-order valence-electron chi connectivity index (χ1n) is 14.5. The molecule has 3 heterocycles. The Kier molecular flexibility index (Phi) is 9.16. The molecule has 1 saturated carbocycles. The number of likely N-dealkylation sites (tertiary alicyclic amines) is 1. The summed E-state index contributed by atoms with van der Waals surface area (Å²) in [7, 11) is 0. The molecule has 3 fully saturated rings. The van der Waals surface area contributed by atoms with Crippen molar-refractivity contribution in [1.29, 1.82) is 0 Å². The number of ether oxygens (including phenoxy) is 1. The van der Waals surface area contributed by atoms with Crippen molar-refractivity contribution in [1.82, 2.24) is 20.0 Å². The van der Waals surface area contributed by atoms with Gasteiger partial charge >= 0.3 is 0 Å². The van der Waals surface area contributed by atoms with E-state index in [0.29, 0.717) is 32.2 Å². The third kappa shape index (κ3) is 7.14. The predicted octanol–water partition coefficient (Wildman–Crippen LogP) is 3.45. The van der Waals surface area contributed by atoms with Crippen LogP contribution >= 0.6 is 0 Å². The Balaban J connectivity index is 1.25. The Bertz CT molecular complexity index is 939. The summed E-state index contributed by atoms with van der Waals surface area (Å²) in [5.41, 5.74) is 1.15. The molecular formula is C30H44N4O3. The number of carbonyl (C=O) groups excluding carboxylic acids is 2. The van der Waals surface area contributed by atoms with E-state index < -0.39 is 0 Å². The van der Waals surface area contributed by atoms with Gasteiger partial charge in [-0.3, -0.25) is 14.5 Å². The Morgan fingerprint density at radius 1 is 1.00 bits per heavy atom. The van der Waals surface area contributed by atoms with Gasteiger partial charge in [0.15, 0.2) is 0 Å². The molecule has 2 saturated heterocycles. The fourth-order valence-corrected chi connectivity index (χ4v) is 6.62.